The van der Waals surface area contributed by atoms with Crippen molar-refractivity contribution in [3.05, 3.63) is 23.8 Å². The van der Waals surface area contributed by atoms with Crippen LogP contribution in [0.4, 0.5) is 5.95 Å². The van der Waals surface area contributed by atoms with Gasteiger partial charge >= 0.3 is 0 Å². The number of anilines is 1. The Labute approximate surface area is 119 Å². The lowest BCUT2D eigenvalue weighted by molar-refractivity contribution is -0.119. The molecular formula is C11H13N7O3. The van der Waals surface area contributed by atoms with Gasteiger partial charge in [-0.05, 0) is 34.2 Å². The average Bonchev–Trinajstić information content (AvgIpc) is 2.88. The molecule has 1 aromatic carbocycles. The summed E-state index contributed by atoms with van der Waals surface area (Å²) in [5.41, 5.74) is 11.2. The maximum atomic E-state index is 10.8. The molecule has 0 saturated heterocycles. The third kappa shape index (κ3) is 3.65. The van der Waals surface area contributed by atoms with Crippen LogP contribution in [0.5, 0.6) is 11.5 Å². The van der Waals surface area contributed by atoms with E-state index >= 15 is 0 Å². The van der Waals surface area contributed by atoms with Gasteiger partial charge in [-0.25, -0.2) is 0 Å². The van der Waals surface area contributed by atoms with Crippen molar-refractivity contribution in [1.29, 1.82) is 0 Å². The van der Waals surface area contributed by atoms with Crippen LogP contribution in [0.1, 0.15) is 5.56 Å². The Kier molecular flexibility index (Phi) is 4.29. The first-order valence-electron chi connectivity index (χ1n) is 5.77. The van der Waals surface area contributed by atoms with E-state index in [0.29, 0.717) is 17.1 Å². The van der Waals surface area contributed by atoms with E-state index in [1.54, 1.807) is 18.2 Å². The molecule has 0 aliphatic heterocycles. The molecule has 2 rings (SSSR count). The van der Waals surface area contributed by atoms with Crippen LogP contribution in [0.15, 0.2) is 23.3 Å². The Hall–Kier alpha value is -3.17. The van der Waals surface area contributed by atoms with E-state index in [2.05, 4.69) is 20.6 Å². The highest BCUT2D eigenvalue weighted by Crippen LogP contribution is 2.27. The van der Waals surface area contributed by atoms with E-state index in [-0.39, 0.29) is 12.6 Å². The molecule has 1 amide bonds. The molecule has 2 aromatic rings. The summed E-state index contributed by atoms with van der Waals surface area (Å²) in [6.45, 7) is -0.253. The number of amides is 1. The summed E-state index contributed by atoms with van der Waals surface area (Å²) in [4.78, 5) is 11.8. The zero-order chi connectivity index (χ0) is 15.2. The van der Waals surface area contributed by atoms with Crippen molar-refractivity contribution in [2.45, 2.75) is 0 Å². The van der Waals surface area contributed by atoms with Gasteiger partial charge in [0.25, 0.3) is 11.9 Å². The fourth-order valence-corrected chi connectivity index (χ4v) is 1.43. The number of carbonyl (C=O) groups excluding carboxylic acids is 1. The number of hydrogen-bond donors (Lipinski definition) is 2. The summed E-state index contributed by atoms with van der Waals surface area (Å²) in [6, 6.07) is 5.03. The van der Waals surface area contributed by atoms with Gasteiger partial charge in [0, 0.05) is 0 Å². The number of aromatic nitrogens is 4. The SMILES string of the molecule is COc1ccc(C=Nn2nnnc2N)cc1OCC(N)=O. The fourth-order valence-electron chi connectivity index (χ4n) is 1.43. The van der Waals surface area contributed by atoms with Crippen molar-refractivity contribution in [2.24, 2.45) is 10.8 Å². The molecule has 10 nitrogen and oxygen atoms in total. The summed E-state index contributed by atoms with van der Waals surface area (Å²) >= 11 is 0. The Morgan fingerprint density at radius 2 is 2.29 bits per heavy atom. The third-order valence-corrected chi connectivity index (χ3v) is 2.35. The second-order valence-electron chi connectivity index (χ2n) is 3.84. The first-order valence-corrected chi connectivity index (χ1v) is 5.77. The Morgan fingerprint density at radius 1 is 1.48 bits per heavy atom. The topological polar surface area (TPSA) is 144 Å². The number of nitrogen functional groups attached to an aromatic ring is 1. The third-order valence-electron chi connectivity index (χ3n) is 2.35. The van der Waals surface area contributed by atoms with E-state index in [4.69, 9.17) is 20.9 Å². The molecule has 110 valence electrons. The lowest BCUT2D eigenvalue weighted by Gasteiger charge is -2.09. The highest BCUT2D eigenvalue weighted by molar-refractivity contribution is 5.81. The number of hydrogen-bond acceptors (Lipinski definition) is 8. The predicted molar refractivity (Wildman–Crippen MR) is 72.9 cm³/mol. The second-order valence-corrected chi connectivity index (χ2v) is 3.84. The first kappa shape index (κ1) is 14.2. The van der Waals surface area contributed by atoms with Crippen LogP contribution < -0.4 is 20.9 Å². The molecule has 1 aromatic heterocycles. The molecule has 0 atom stereocenters. The number of ether oxygens (including phenoxy) is 2. The average molecular weight is 291 g/mol. The number of methoxy groups -OCH3 is 1. The van der Waals surface area contributed by atoms with E-state index in [1.165, 1.54) is 13.3 Å². The zero-order valence-corrected chi connectivity index (χ0v) is 11.1. The molecule has 0 bridgehead atoms. The summed E-state index contributed by atoms with van der Waals surface area (Å²) < 4.78 is 10.4. The van der Waals surface area contributed by atoms with Crippen molar-refractivity contribution in [3.63, 3.8) is 0 Å². The Morgan fingerprint density at radius 3 is 2.90 bits per heavy atom. The predicted octanol–water partition coefficient (Wildman–Crippen LogP) is -0.990. The maximum Gasteiger partial charge on any atom is 0.263 e. The van der Waals surface area contributed by atoms with Crippen LogP contribution in [-0.2, 0) is 4.79 Å². The van der Waals surface area contributed by atoms with E-state index < -0.39 is 5.91 Å². The number of primary amides is 1. The molecule has 0 radical (unpaired) electrons. The Bertz CT molecular complexity index is 668. The zero-order valence-electron chi connectivity index (χ0n) is 11.1. The van der Waals surface area contributed by atoms with Gasteiger partial charge in [-0.2, -0.15) is 5.10 Å². The molecule has 1 heterocycles. The summed E-state index contributed by atoms with van der Waals surface area (Å²) in [6.07, 6.45) is 1.48. The molecule has 0 unspecified atom stereocenters. The minimum atomic E-state index is -0.586. The standard InChI is InChI=1S/C11H13N7O3/c1-20-8-3-2-7(4-9(8)21-6-10(12)19)5-14-18-11(13)15-16-17-18/h2-5H,6H2,1H3,(H2,12,19)(H2,13,15,17). The van der Waals surface area contributed by atoms with Crippen molar-refractivity contribution in [2.75, 3.05) is 19.5 Å². The smallest absolute Gasteiger partial charge is 0.263 e. The van der Waals surface area contributed by atoms with E-state index in [9.17, 15) is 4.79 Å². The minimum absolute atomic E-state index is 0.0602. The normalized spacial score (nSPS) is 10.7. The molecule has 0 fully saturated rings. The highest BCUT2D eigenvalue weighted by atomic mass is 16.5. The summed E-state index contributed by atoms with van der Waals surface area (Å²) in [7, 11) is 1.49. The molecule has 0 aliphatic carbocycles. The summed E-state index contributed by atoms with van der Waals surface area (Å²) in [5, 5.41) is 14.4. The van der Waals surface area contributed by atoms with Crippen molar-refractivity contribution in [3.8, 4) is 11.5 Å². The second kappa shape index (κ2) is 6.32. The van der Waals surface area contributed by atoms with E-state index in [0.717, 1.165) is 4.79 Å². The van der Waals surface area contributed by atoms with Gasteiger partial charge in [0.2, 0.25) is 0 Å². The molecule has 21 heavy (non-hydrogen) atoms. The lowest BCUT2D eigenvalue weighted by Crippen LogP contribution is -2.20. The monoisotopic (exact) mass is 291 g/mol. The molecule has 0 saturated carbocycles. The first-order chi connectivity index (χ1) is 10.1. The number of rotatable bonds is 6. The number of tetrazole rings is 1. The van der Waals surface area contributed by atoms with Gasteiger partial charge in [-0.1, -0.05) is 9.89 Å². The van der Waals surface area contributed by atoms with Gasteiger partial charge in [-0.3, -0.25) is 4.79 Å². The van der Waals surface area contributed by atoms with Gasteiger partial charge in [0.15, 0.2) is 18.1 Å². The van der Waals surface area contributed by atoms with Crippen LogP contribution >= 0.6 is 0 Å². The van der Waals surface area contributed by atoms with Gasteiger partial charge in [-0.15, -0.1) is 0 Å². The van der Waals surface area contributed by atoms with Gasteiger partial charge in [0.1, 0.15) is 0 Å². The number of nitrogens with zero attached hydrogens (tertiary/aromatic N) is 5. The minimum Gasteiger partial charge on any atom is -0.493 e. The van der Waals surface area contributed by atoms with Crippen molar-refractivity contribution < 1.29 is 14.3 Å². The summed E-state index contributed by atoms with van der Waals surface area (Å²) in [5.74, 6) is 0.308. The van der Waals surface area contributed by atoms with Crippen LogP contribution in [0, 0.1) is 0 Å². The van der Waals surface area contributed by atoms with Crippen LogP contribution in [0.2, 0.25) is 0 Å². The number of carbonyl (C=O) groups is 1. The number of nitrogens with two attached hydrogens (primary N) is 2. The fraction of sp³-hybridized carbons (Fsp3) is 0.182. The number of benzene rings is 1. The van der Waals surface area contributed by atoms with Crippen LogP contribution in [0.25, 0.3) is 0 Å². The quantitative estimate of drug-likeness (QED) is 0.650. The van der Waals surface area contributed by atoms with Gasteiger partial charge in [0.05, 0.1) is 13.3 Å². The maximum absolute atomic E-state index is 10.8. The van der Waals surface area contributed by atoms with E-state index in [1.807, 2.05) is 0 Å². The molecular weight excluding hydrogens is 278 g/mol. The van der Waals surface area contributed by atoms with Crippen LogP contribution in [-0.4, -0.2) is 46.2 Å². The van der Waals surface area contributed by atoms with Gasteiger partial charge < -0.3 is 20.9 Å². The van der Waals surface area contributed by atoms with Crippen molar-refractivity contribution in [1.82, 2.24) is 20.3 Å². The lowest BCUT2D eigenvalue weighted by atomic mass is 10.2. The molecule has 0 aliphatic rings. The van der Waals surface area contributed by atoms with Crippen molar-refractivity contribution >= 4 is 18.1 Å². The highest BCUT2D eigenvalue weighted by Gasteiger charge is 2.07. The molecule has 4 N–H and O–H groups in total. The molecule has 0 spiro atoms. The van der Waals surface area contributed by atoms with Crippen LogP contribution in [0.3, 0.4) is 0 Å². The molecule has 10 heteroatoms. The largest absolute Gasteiger partial charge is 0.493 e. The Balaban J connectivity index is 2.20.